The summed E-state index contributed by atoms with van der Waals surface area (Å²) < 4.78 is 10.5. The quantitative estimate of drug-likeness (QED) is 0.416. The van der Waals surface area contributed by atoms with Crippen molar-refractivity contribution in [3.8, 4) is 5.75 Å². The third kappa shape index (κ3) is 4.84. The van der Waals surface area contributed by atoms with E-state index in [1.54, 1.807) is 14.0 Å². The highest BCUT2D eigenvalue weighted by Crippen LogP contribution is 2.29. The van der Waals surface area contributed by atoms with Crippen LogP contribution in [0.25, 0.3) is 10.8 Å². The van der Waals surface area contributed by atoms with Crippen molar-refractivity contribution in [2.75, 3.05) is 13.7 Å². The molecule has 0 saturated carbocycles. The highest BCUT2D eigenvalue weighted by molar-refractivity contribution is 5.90. The minimum atomic E-state index is -0.389. The Kier molecular flexibility index (Phi) is 6.68. The van der Waals surface area contributed by atoms with Gasteiger partial charge in [-0.05, 0) is 53.9 Å². The van der Waals surface area contributed by atoms with E-state index >= 15 is 0 Å². The lowest BCUT2D eigenvalue weighted by molar-refractivity contribution is -0.138. The van der Waals surface area contributed by atoms with Gasteiger partial charge in [-0.1, -0.05) is 55.1 Å². The lowest BCUT2D eigenvalue weighted by Crippen LogP contribution is -2.29. The van der Waals surface area contributed by atoms with Crippen molar-refractivity contribution in [3.63, 3.8) is 0 Å². The van der Waals surface area contributed by atoms with Crippen molar-refractivity contribution in [1.82, 2.24) is 5.32 Å². The van der Waals surface area contributed by atoms with E-state index in [0.29, 0.717) is 12.2 Å². The van der Waals surface area contributed by atoms with Crippen LogP contribution in [-0.4, -0.2) is 19.7 Å². The number of hydrogen-bond acceptors (Lipinski definition) is 4. The summed E-state index contributed by atoms with van der Waals surface area (Å²) in [5.74, 6) is 0.419. The second kappa shape index (κ2) is 9.39. The third-order valence-electron chi connectivity index (χ3n) is 5.03. The van der Waals surface area contributed by atoms with Gasteiger partial charge in [0.2, 0.25) is 0 Å². The maximum absolute atomic E-state index is 12.4. The van der Waals surface area contributed by atoms with Crippen LogP contribution in [0.3, 0.4) is 0 Å². The van der Waals surface area contributed by atoms with E-state index in [0.717, 1.165) is 27.6 Å². The molecule has 0 saturated heterocycles. The van der Waals surface area contributed by atoms with Crippen LogP contribution < -0.4 is 10.1 Å². The molecule has 4 nitrogen and oxygen atoms in total. The smallest absolute Gasteiger partial charge is 0.335 e. The molecule has 0 amide bonds. The lowest BCUT2D eigenvalue weighted by Gasteiger charge is -2.25. The number of hydrogen-bond donors (Lipinski definition) is 1. The molecule has 0 bridgehead atoms. The van der Waals surface area contributed by atoms with Crippen molar-refractivity contribution in [1.29, 1.82) is 0 Å². The zero-order valence-corrected chi connectivity index (χ0v) is 17.1. The monoisotopic (exact) mass is 389 g/mol. The molecule has 0 fully saturated rings. The van der Waals surface area contributed by atoms with Gasteiger partial charge in [0.25, 0.3) is 0 Å². The fourth-order valence-electron chi connectivity index (χ4n) is 3.37. The predicted molar refractivity (Wildman–Crippen MR) is 117 cm³/mol. The van der Waals surface area contributed by atoms with Gasteiger partial charge in [-0.3, -0.25) is 5.32 Å². The number of esters is 1. The molecule has 4 heteroatoms. The number of methoxy groups -OCH3 is 1. The van der Waals surface area contributed by atoms with Crippen LogP contribution in [0.2, 0.25) is 0 Å². The maximum Gasteiger partial charge on any atom is 0.335 e. The minimum absolute atomic E-state index is 0.0106. The maximum atomic E-state index is 12.4. The fraction of sp³-hybridized carbons (Fsp3) is 0.240. The van der Waals surface area contributed by atoms with Crippen molar-refractivity contribution < 1.29 is 14.3 Å². The lowest BCUT2D eigenvalue weighted by atomic mass is 9.95. The molecular formula is C25H27NO3. The number of ether oxygens (including phenoxy) is 2. The van der Waals surface area contributed by atoms with E-state index in [2.05, 4.69) is 43.1 Å². The molecule has 0 aliphatic heterocycles. The number of carbonyl (C=O) groups excluding carboxylic acids is 1. The van der Waals surface area contributed by atoms with Crippen LogP contribution in [0, 0.1) is 0 Å². The van der Waals surface area contributed by atoms with Gasteiger partial charge < -0.3 is 9.47 Å². The van der Waals surface area contributed by atoms with Crippen molar-refractivity contribution >= 4 is 16.7 Å². The minimum Gasteiger partial charge on any atom is -0.497 e. The van der Waals surface area contributed by atoms with Crippen molar-refractivity contribution in [3.05, 3.63) is 90.0 Å². The van der Waals surface area contributed by atoms with E-state index in [4.69, 9.17) is 9.47 Å². The molecule has 3 aromatic carbocycles. The second-order valence-electron chi connectivity index (χ2n) is 6.95. The van der Waals surface area contributed by atoms with Crippen LogP contribution in [0.4, 0.5) is 0 Å². The largest absolute Gasteiger partial charge is 0.497 e. The summed E-state index contributed by atoms with van der Waals surface area (Å²) in [5.41, 5.74) is 2.46. The van der Waals surface area contributed by atoms with Gasteiger partial charge in [0.1, 0.15) is 5.75 Å². The van der Waals surface area contributed by atoms with Gasteiger partial charge in [0.15, 0.2) is 0 Å². The Balaban J connectivity index is 1.92. The van der Waals surface area contributed by atoms with Gasteiger partial charge in [-0.15, -0.1) is 0 Å². The molecule has 0 heterocycles. The highest BCUT2D eigenvalue weighted by Gasteiger charge is 2.24. The Labute approximate surface area is 172 Å². The standard InChI is InChI=1S/C25H27NO3/c1-5-29-25(27)17(2)24(22-11-10-20-8-6-7-9-21(20)16-22)26-18(3)19-12-14-23(28-4)15-13-19/h6-16,18,24,26H,2,5H2,1,3-4H3/t18-,24-/m1/s1. The molecule has 1 N–H and O–H groups in total. The van der Waals surface area contributed by atoms with E-state index in [1.807, 2.05) is 42.5 Å². The predicted octanol–water partition coefficient (Wildman–Crippen LogP) is 5.36. The summed E-state index contributed by atoms with van der Waals surface area (Å²) in [7, 11) is 1.65. The first-order valence-corrected chi connectivity index (χ1v) is 9.78. The van der Waals surface area contributed by atoms with Gasteiger partial charge in [-0.2, -0.15) is 0 Å². The fourth-order valence-corrected chi connectivity index (χ4v) is 3.37. The molecule has 0 unspecified atom stereocenters. The number of fused-ring (bicyclic) bond motifs is 1. The first kappa shape index (κ1) is 20.6. The van der Waals surface area contributed by atoms with E-state index < -0.39 is 0 Å². The summed E-state index contributed by atoms with van der Waals surface area (Å²) in [6, 6.07) is 21.9. The molecule has 0 aromatic heterocycles. The van der Waals surface area contributed by atoms with Crippen molar-refractivity contribution in [2.24, 2.45) is 0 Å². The Bertz CT molecular complexity index is 994. The summed E-state index contributed by atoms with van der Waals surface area (Å²) in [4.78, 5) is 12.4. The summed E-state index contributed by atoms with van der Waals surface area (Å²) in [6.45, 7) is 8.22. The first-order chi connectivity index (χ1) is 14.0. The summed E-state index contributed by atoms with van der Waals surface area (Å²) in [6.07, 6.45) is 0. The zero-order chi connectivity index (χ0) is 20.8. The topological polar surface area (TPSA) is 47.6 Å². The number of carbonyl (C=O) groups is 1. The molecule has 3 rings (SSSR count). The molecule has 29 heavy (non-hydrogen) atoms. The SMILES string of the molecule is C=C(C(=O)OCC)[C@@H](N[C@H](C)c1ccc(OC)cc1)c1ccc2ccccc2c1. The molecule has 0 aliphatic carbocycles. The summed E-state index contributed by atoms with van der Waals surface area (Å²) in [5, 5.41) is 5.82. The van der Waals surface area contributed by atoms with Crippen LogP contribution in [0.5, 0.6) is 5.75 Å². The molecule has 3 aromatic rings. The Morgan fingerprint density at radius 2 is 1.66 bits per heavy atom. The normalized spacial score (nSPS) is 12.9. The second-order valence-corrected chi connectivity index (χ2v) is 6.95. The van der Waals surface area contributed by atoms with Gasteiger partial charge in [0, 0.05) is 6.04 Å². The average Bonchev–Trinajstić information content (AvgIpc) is 2.76. The molecule has 0 radical (unpaired) electrons. The molecule has 150 valence electrons. The summed E-state index contributed by atoms with van der Waals surface area (Å²) >= 11 is 0. The van der Waals surface area contributed by atoms with E-state index in [1.165, 1.54) is 0 Å². The van der Waals surface area contributed by atoms with Crippen LogP contribution in [0.15, 0.2) is 78.9 Å². The van der Waals surface area contributed by atoms with E-state index in [-0.39, 0.29) is 18.1 Å². The van der Waals surface area contributed by atoms with Gasteiger partial charge >= 0.3 is 5.97 Å². The molecule has 2 atom stereocenters. The first-order valence-electron chi connectivity index (χ1n) is 9.78. The van der Waals surface area contributed by atoms with Gasteiger partial charge in [0.05, 0.1) is 25.3 Å². The Morgan fingerprint density at radius 1 is 1.00 bits per heavy atom. The number of benzene rings is 3. The Morgan fingerprint density at radius 3 is 2.31 bits per heavy atom. The average molecular weight is 389 g/mol. The van der Waals surface area contributed by atoms with Crippen LogP contribution >= 0.6 is 0 Å². The zero-order valence-electron chi connectivity index (χ0n) is 17.1. The van der Waals surface area contributed by atoms with Crippen LogP contribution in [0.1, 0.15) is 37.1 Å². The number of rotatable bonds is 8. The van der Waals surface area contributed by atoms with Crippen LogP contribution in [-0.2, 0) is 9.53 Å². The van der Waals surface area contributed by atoms with Gasteiger partial charge in [-0.25, -0.2) is 4.79 Å². The number of nitrogens with one attached hydrogen (secondary N) is 1. The highest BCUT2D eigenvalue weighted by atomic mass is 16.5. The van der Waals surface area contributed by atoms with E-state index in [9.17, 15) is 4.79 Å². The molecule has 0 aliphatic rings. The third-order valence-corrected chi connectivity index (χ3v) is 5.03. The molecular weight excluding hydrogens is 362 g/mol. The Hall–Kier alpha value is -3.11. The molecule has 0 spiro atoms. The van der Waals surface area contributed by atoms with Crippen molar-refractivity contribution in [2.45, 2.75) is 25.9 Å².